The summed E-state index contributed by atoms with van der Waals surface area (Å²) in [6.07, 6.45) is 1.95. The minimum atomic E-state index is 0.000495. The third-order valence-electron chi connectivity index (χ3n) is 4.13. The second-order valence-electron chi connectivity index (χ2n) is 6.10. The van der Waals surface area contributed by atoms with Crippen LogP contribution < -0.4 is 0 Å². The van der Waals surface area contributed by atoms with Gasteiger partial charge >= 0.3 is 0 Å². The molecule has 0 fully saturated rings. The highest BCUT2D eigenvalue weighted by molar-refractivity contribution is 14.1. The van der Waals surface area contributed by atoms with Gasteiger partial charge in [-0.15, -0.1) is 0 Å². The first-order valence-corrected chi connectivity index (χ1v) is 9.55. The highest BCUT2D eigenvalue weighted by atomic mass is 127. The number of allylic oxidation sites excluding steroid dienone is 1. The van der Waals surface area contributed by atoms with E-state index in [0.717, 1.165) is 20.3 Å². The van der Waals surface area contributed by atoms with Crippen LogP contribution in [0.3, 0.4) is 0 Å². The van der Waals surface area contributed by atoms with Crippen LogP contribution in [-0.2, 0) is 6.54 Å². The molecule has 0 aliphatic rings. The third-order valence-corrected chi connectivity index (χ3v) is 4.85. The zero-order valence-electron chi connectivity index (χ0n) is 14.6. The summed E-state index contributed by atoms with van der Waals surface area (Å²) in [6, 6.07) is 27.9. The Morgan fingerprint density at radius 2 is 1.42 bits per heavy atom. The SMILES string of the molecule is C/C(=C\N(Cc1ccccc1)C(=O)c1ccc(I)cc1)c1ccccc1. The van der Waals surface area contributed by atoms with Crippen LogP contribution in [0.15, 0.2) is 91.1 Å². The molecular weight excluding hydrogens is 433 g/mol. The van der Waals surface area contributed by atoms with Gasteiger partial charge in [0.2, 0.25) is 0 Å². The number of hydrogen-bond acceptors (Lipinski definition) is 1. The second-order valence-corrected chi connectivity index (χ2v) is 7.35. The molecule has 3 aromatic rings. The van der Waals surface area contributed by atoms with E-state index in [1.807, 2.05) is 85.9 Å². The number of amides is 1. The molecule has 0 bridgehead atoms. The Labute approximate surface area is 168 Å². The fourth-order valence-corrected chi connectivity index (χ4v) is 3.08. The van der Waals surface area contributed by atoms with Crippen molar-refractivity contribution in [3.8, 4) is 0 Å². The van der Waals surface area contributed by atoms with E-state index >= 15 is 0 Å². The maximum Gasteiger partial charge on any atom is 0.258 e. The van der Waals surface area contributed by atoms with Gasteiger partial charge in [0.15, 0.2) is 0 Å². The molecule has 26 heavy (non-hydrogen) atoms. The molecule has 0 aliphatic heterocycles. The lowest BCUT2D eigenvalue weighted by Gasteiger charge is -2.20. The summed E-state index contributed by atoms with van der Waals surface area (Å²) in [5.41, 5.74) is 3.96. The average Bonchev–Trinajstić information content (AvgIpc) is 2.69. The Kier molecular flexibility index (Phi) is 6.23. The van der Waals surface area contributed by atoms with Gasteiger partial charge in [-0.1, -0.05) is 60.7 Å². The normalized spacial score (nSPS) is 11.2. The molecule has 3 aromatic carbocycles. The van der Waals surface area contributed by atoms with E-state index in [1.54, 1.807) is 4.90 Å². The third kappa shape index (κ3) is 4.82. The molecule has 0 unspecified atom stereocenters. The largest absolute Gasteiger partial charge is 0.310 e. The van der Waals surface area contributed by atoms with Crippen LogP contribution in [0, 0.1) is 3.57 Å². The number of hydrogen-bond donors (Lipinski definition) is 0. The predicted octanol–water partition coefficient (Wildman–Crippen LogP) is 5.99. The van der Waals surface area contributed by atoms with Crippen molar-refractivity contribution in [2.24, 2.45) is 0 Å². The van der Waals surface area contributed by atoms with Crippen LogP contribution in [0.5, 0.6) is 0 Å². The van der Waals surface area contributed by atoms with Gasteiger partial charge in [-0.05, 0) is 70.5 Å². The highest BCUT2D eigenvalue weighted by Gasteiger charge is 2.15. The van der Waals surface area contributed by atoms with Crippen LogP contribution in [-0.4, -0.2) is 10.8 Å². The van der Waals surface area contributed by atoms with Gasteiger partial charge < -0.3 is 4.90 Å². The summed E-state index contributed by atoms with van der Waals surface area (Å²) in [4.78, 5) is 14.9. The van der Waals surface area contributed by atoms with Gasteiger partial charge in [0.25, 0.3) is 5.91 Å². The van der Waals surface area contributed by atoms with Crippen LogP contribution in [0.1, 0.15) is 28.4 Å². The summed E-state index contributed by atoms with van der Waals surface area (Å²) in [7, 11) is 0. The Balaban J connectivity index is 1.93. The fourth-order valence-electron chi connectivity index (χ4n) is 2.72. The molecule has 3 rings (SSSR count). The van der Waals surface area contributed by atoms with E-state index in [2.05, 4.69) is 34.7 Å². The molecule has 2 nitrogen and oxygen atoms in total. The number of nitrogens with zero attached hydrogens (tertiary/aromatic N) is 1. The molecule has 130 valence electrons. The molecule has 0 spiro atoms. The molecule has 0 heterocycles. The van der Waals surface area contributed by atoms with Crippen LogP contribution >= 0.6 is 22.6 Å². The molecule has 0 saturated heterocycles. The van der Waals surface area contributed by atoms with Crippen molar-refractivity contribution < 1.29 is 4.79 Å². The molecule has 3 heteroatoms. The molecule has 1 amide bonds. The van der Waals surface area contributed by atoms with Crippen molar-refractivity contribution in [3.63, 3.8) is 0 Å². The number of carbonyl (C=O) groups excluding carboxylic acids is 1. The van der Waals surface area contributed by atoms with Crippen LogP contribution in [0.4, 0.5) is 0 Å². The van der Waals surface area contributed by atoms with E-state index in [0.29, 0.717) is 12.1 Å². The van der Waals surface area contributed by atoms with Crippen molar-refractivity contribution in [3.05, 3.63) is 111 Å². The lowest BCUT2D eigenvalue weighted by molar-refractivity contribution is 0.0814. The molecular formula is C23H20INO. The molecule has 0 aromatic heterocycles. The molecule has 0 radical (unpaired) electrons. The first-order chi connectivity index (χ1) is 12.6. The van der Waals surface area contributed by atoms with Crippen LogP contribution in [0.25, 0.3) is 5.57 Å². The lowest BCUT2D eigenvalue weighted by Crippen LogP contribution is -2.25. The lowest BCUT2D eigenvalue weighted by atomic mass is 10.1. The first kappa shape index (κ1) is 18.4. The zero-order valence-corrected chi connectivity index (χ0v) is 16.8. The van der Waals surface area contributed by atoms with Crippen molar-refractivity contribution in [2.75, 3.05) is 0 Å². The minimum absolute atomic E-state index is 0.000495. The standard InChI is InChI=1S/C23H20INO/c1-18(20-10-6-3-7-11-20)16-25(17-19-8-4-2-5-9-19)23(26)21-12-14-22(24)15-13-21/h2-16H,17H2,1H3/b18-16+. The van der Waals surface area contributed by atoms with E-state index in [4.69, 9.17) is 0 Å². The Morgan fingerprint density at radius 1 is 0.846 bits per heavy atom. The van der Waals surface area contributed by atoms with Crippen molar-refractivity contribution in [1.29, 1.82) is 0 Å². The summed E-state index contributed by atoms with van der Waals surface area (Å²) in [5, 5.41) is 0. The number of carbonyl (C=O) groups is 1. The Bertz CT molecular complexity index is 887. The predicted molar refractivity (Wildman–Crippen MR) is 116 cm³/mol. The molecule has 0 saturated carbocycles. The van der Waals surface area contributed by atoms with Gasteiger partial charge in [-0.25, -0.2) is 0 Å². The highest BCUT2D eigenvalue weighted by Crippen LogP contribution is 2.18. The van der Waals surface area contributed by atoms with Gasteiger partial charge in [0.05, 0.1) is 6.54 Å². The van der Waals surface area contributed by atoms with Gasteiger partial charge in [0.1, 0.15) is 0 Å². The maximum atomic E-state index is 13.1. The monoisotopic (exact) mass is 453 g/mol. The quantitative estimate of drug-likeness (QED) is 0.435. The van der Waals surface area contributed by atoms with E-state index in [9.17, 15) is 4.79 Å². The fraction of sp³-hybridized carbons (Fsp3) is 0.0870. The van der Waals surface area contributed by atoms with Crippen molar-refractivity contribution in [2.45, 2.75) is 13.5 Å². The van der Waals surface area contributed by atoms with E-state index in [1.165, 1.54) is 0 Å². The average molecular weight is 453 g/mol. The van der Waals surface area contributed by atoms with E-state index in [-0.39, 0.29) is 5.91 Å². The summed E-state index contributed by atoms with van der Waals surface area (Å²) >= 11 is 2.25. The van der Waals surface area contributed by atoms with Gasteiger partial charge in [0, 0.05) is 15.3 Å². The zero-order chi connectivity index (χ0) is 18.4. The second kappa shape index (κ2) is 8.81. The van der Waals surface area contributed by atoms with Crippen molar-refractivity contribution >= 4 is 34.1 Å². The first-order valence-electron chi connectivity index (χ1n) is 8.48. The van der Waals surface area contributed by atoms with E-state index < -0.39 is 0 Å². The number of halogens is 1. The molecule has 0 N–H and O–H groups in total. The summed E-state index contributed by atoms with van der Waals surface area (Å²) in [6.45, 7) is 2.57. The Hall–Kier alpha value is -2.40. The smallest absolute Gasteiger partial charge is 0.258 e. The van der Waals surface area contributed by atoms with Gasteiger partial charge in [-0.3, -0.25) is 4.79 Å². The van der Waals surface area contributed by atoms with Gasteiger partial charge in [-0.2, -0.15) is 0 Å². The molecule has 0 aliphatic carbocycles. The summed E-state index contributed by atoms with van der Waals surface area (Å²) in [5.74, 6) is 0.000495. The van der Waals surface area contributed by atoms with Crippen molar-refractivity contribution in [1.82, 2.24) is 4.90 Å². The molecule has 0 atom stereocenters. The topological polar surface area (TPSA) is 20.3 Å². The number of benzene rings is 3. The minimum Gasteiger partial charge on any atom is -0.310 e. The number of rotatable bonds is 5. The summed E-state index contributed by atoms with van der Waals surface area (Å²) < 4.78 is 1.12. The Morgan fingerprint density at radius 3 is 2.04 bits per heavy atom. The van der Waals surface area contributed by atoms with Crippen LogP contribution in [0.2, 0.25) is 0 Å². The maximum absolute atomic E-state index is 13.1.